The molecule has 4 heterocycles. The summed E-state index contributed by atoms with van der Waals surface area (Å²) in [7, 11) is 0. The number of hydrogen-bond donors (Lipinski definition) is 1. The highest BCUT2D eigenvalue weighted by molar-refractivity contribution is 6.31. The summed E-state index contributed by atoms with van der Waals surface area (Å²) in [5, 5.41) is 10.1. The molecule has 2 aromatic carbocycles. The van der Waals surface area contributed by atoms with Crippen LogP contribution in [0, 0.1) is 12.3 Å². The van der Waals surface area contributed by atoms with Gasteiger partial charge in [-0.2, -0.15) is 4.98 Å². The van der Waals surface area contributed by atoms with Crippen LogP contribution < -0.4 is 9.64 Å². The maximum Gasteiger partial charge on any atom is 0.335 e. The van der Waals surface area contributed by atoms with Crippen LogP contribution in [0.5, 0.6) is 5.88 Å². The Bertz CT molecular complexity index is 1620. The number of nitrogens with zero attached hydrogens (tertiary/aromatic N) is 5. The first-order chi connectivity index (χ1) is 20.0. The first kappa shape index (κ1) is 27.1. The highest BCUT2D eigenvalue weighted by Gasteiger charge is 2.25. The van der Waals surface area contributed by atoms with E-state index in [1.165, 1.54) is 0 Å². The van der Waals surface area contributed by atoms with Crippen molar-refractivity contribution in [2.75, 3.05) is 37.7 Å². The maximum atomic E-state index is 11.6. The Morgan fingerprint density at radius 2 is 1.95 bits per heavy atom. The number of piperazine rings is 1. The Hall–Kier alpha value is -4.10. The second-order valence-electron chi connectivity index (χ2n) is 10.3. The van der Waals surface area contributed by atoms with Crippen LogP contribution >= 0.6 is 11.6 Å². The van der Waals surface area contributed by atoms with Gasteiger partial charge in [0.25, 0.3) is 0 Å². The van der Waals surface area contributed by atoms with Gasteiger partial charge in [0.1, 0.15) is 18.2 Å². The standard InChI is InChI=1S/C31H30ClN5O4/c1-2-21-6-7-23(25(32)16-21)20-41-30-5-3-4-28(34-30)36-13-11-35(12-14-36)19-29-33-26-9-8-22(31(38)39)17-27(26)37(29)18-24-10-15-40-24/h1,3-9,16-17,24H,10-15,18-20H2,(H,38,39)/t24-/m0/s1. The quantitative estimate of drug-likeness (QED) is 0.295. The highest BCUT2D eigenvalue weighted by atomic mass is 35.5. The average Bonchev–Trinajstić information content (AvgIpc) is 3.30. The molecule has 9 nitrogen and oxygen atoms in total. The number of terminal acetylenes is 1. The van der Waals surface area contributed by atoms with Gasteiger partial charge in [-0.15, -0.1) is 6.42 Å². The van der Waals surface area contributed by atoms with E-state index in [4.69, 9.17) is 37.5 Å². The van der Waals surface area contributed by atoms with Crippen molar-refractivity contribution in [3.8, 4) is 18.2 Å². The highest BCUT2D eigenvalue weighted by Crippen LogP contribution is 2.25. The van der Waals surface area contributed by atoms with E-state index in [0.29, 0.717) is 30.6 Å². The van der Waals surface area contributed by atoms with Crippen molar-refractivity contribution >= 4 is 34.4 Å². The topological polar surface area (TPSA) is 93.0 Å². The number of imidazole rings is 1. The van der Waals surface area contributed by atoms with E-state index in [0.717, 1.165) is 73.0 Å². The molecule has 41 heavy (non-hydrogen) atoms. The fraction of sp³-hybridized carbons (Fsp3) is 0.323. The van der Waals surface area contributed by atoms with Gasteiger partial charge < -0.3 is 24.0 Å². The lowest BCUT2D eigenvalue weighted by Gasteiger charge is -2.35. The fourth-order valence-electron chi connectivity index (χ4n) is 5.16. The van der Waals surface area contributed by atoms with Crippen LogP contribution in [0.1, 0.15) is 33.7 Å². The molecule has 0 aliphatic carbocycles. The number of fused-ring (bicyclic) bond motifs is 1. The number of carboxylic acid groups (broad SMARTS) is 1. The molecule has 0 bridgehead atoms. The molecule has 1 N–H and O–H groups in total. The zero-order valence-corrected chi connectivity index (χ0v) is 23.3. The van der Waals surface area contributed by atoms with Gasteiger partial charge in [-0.25, -0.2) is 9.78 Å². The molecule has 0 unspecified atom stereocenters. The maximum absolute atomic E-state index is 11.6. The Balaban J connectivity index is 1.10. The second-order valence-corrected chi connectivity index (χ2v) is 10.7. The zero-order valence-electron chi connectivity index (χ0n) is 22.5. The minimum atomic E-state index is -0.942. The van der Waals surface area contributed by atoms with E-state index in [1.807, 2.05) is 30.3 Å². The number of hydrogen-bond acceptors (Lipinski definition) is 7. The molecule has 2 saturated heterocycles. The SMILES string of the molecule is C#Cc1ccc(COc2cccc(N3CCN(Cc4nc5ccc(C(=O)O)cc5n4C[C@@H]4CCO4)CC3)n2)c(Cl)c1. The smallest absolute Gasteiger partial charge is 0.335 e. The number of pyridine rings is 1. The lowest BCUT2D eigenvalue weighted by atomic mass is 10.1. The minimum absolute atomic E-state index is 0.135. The second kappa shape index (κ2) is 11.8. The molecule has 6 rings (SSSR count). The summed E-state index contributed by atoms with van der Waals surface area (Å²) in [5.41, 5.74) is 3.48. The lowest BCUT2D eigenvalue weighted by molar-refractivity contribution is -0.0592. The van der Waals surface area contributed by atoms with Crippen molar-refractivity contribution in [1.29, 1.82) is 0 Å². The van der Waals surface area contributed by atoms with Crippen molar-refractivity contribution in [2.45, 2.75) is 32.2 Å². The number of aromatic nitrogens is 3. The molecule has 0 saturated carbocycles. The summed E-state index contributed by atoms with van der Waals surface area (Å²) in [6.07, 6.45) is 6.58. The first-order valence-electron chi connectivity index (χ1n) is 13.6. The van der Waals surface area contributed by atoms with E-state index < -0.39 is 5.97 Å². The number of aromatic carboxylic acids is 1. The molecule has 2 aliphatic heterocycles. The number of benzene rings is 2. The number of anilines is 1. The monoisotopic (exact) mass is 571 g/mol. The first-order valence-corrected chi connectivity index (χ1v) is 14.0. The van der Waals surface area contributed by atoms with Crippen molar-refractivity contribution in [2.24, 2.45) is 0 Å². The molecule has 2 aromatic heterocycles. The Kier molecular flexibility index (Phi) is 7.79. The van der Waals surface area contributed by atoms with Crippen molar-refractivity contribution in [1.82, 2.24) is 19.4 Å². The summed E-state index contributed by atoms with van der Waals surface area (Å²) in [4.78, 5) is 25.8. The molecule has 210 valence electrons. The molecule has 0 radical (unpaired) electrons. The fourth-order valence-corrected chi connectivity index (χ4v) is 5.40. The summed E-state index contributed by atoms with van der Waals surface area (Å²) in [5.74, 6) is 3.97. The summed E-state index contributed by atoms with van der Waals surface area (Å²) >= 11 is 6.34. The van der Waals surface area contributed by atoms with E-state index in [9.17, 15) is 9.90 Å². The number of halogens is 1. The Morgan fingerprint density at radius 1 is 1.12 bits per heavy atom. The zero-order chi connectivity index (χ0) is 28.3. The average molecular weight is 572 g/mol. The predicted molar refractivity (Wildman–Crippen MR) is 156 cm³/mol. The normalized spacial score (nSPS) is 17.3. The van der Waals surface area contributed by atoms with Crippen LogP contribution in [0.15, 0.2) is 54.6 Å². The summed E-state index contributed by atoms with van der Waals surface area (Å²) < 4.78 is 13.8. The van der Waals surface area contributed by atoms with Crippen LogP contribution in [0.3, 0.4) is 0 Å². The van der Waals surface area contributed by atoms with Crippen molar-refractivity contribution < 1.29 is 19.4 Å². The molecule has 4 aromatic rings. The largest absolute Gasteiger partial charge is 0.478 e. The van der Waals surface area contributed by atoms with Crippen LogP contribution in [-0.2, 0) is 24.4 Å². The van der Waals surface area contributed by atoms with E-state index in [1.54, 1.807) is 24.3 Å². The van der Waals surface area contributed by atoms with Crippen LogP contribution in [0.2, 0.25) is 5.02 Å². The Morgan fingerprint density at radius 3 is 2.66 bits per heavy atom. The van der Waals surface area contributed by atoms with Crippen LogP contribution in [0.25, 0.3) is 11.0 Å². The Labute approximate surface area is 243 Å². The number of carboxylic acids is 1. The number of carbonyl (C=O) groups is 1. The van der Waals surface area contributed by atoms with Gasteiger partial charge in [-0.3, -0.25) is 4.90 Å². The van der Waals surface area contributed by atoms with Crippen LogP contribution in [-0.4, -0.2) is 69.4 Å². The molecule has 2 aliphatic rings. The van der Waals surface area contributed by atoms with Gasteiger partial charge in [-0.05, 0) is 42.8 Å². The number of ether oxygens (including phenoxy) is 2. The molecular weight excluding hydrogens is 542 g/mol. The van der Waals surface area contributed by atoms with Gasteiger partial charge in [0.05, 0.1) is 35.8 Å². The lowest BCUT2D eigenvalue weighted by Crippen LogP contribution is -2.46. The third-order valence-corrected chi connectivity index (χ3v) is 7.97. The molecule has 0 spiro atoms. The van der Waals surface area contributed by atoms with Gasteiger partial charge in [-0.1, -0.05) is 29.7 Å². The minimum Gasteiger partial charge on any atom is -0.478 e. The molecule has 0 amide bonds. The summed E-state index contributed by atoms with van der Waals surface area (Å²) in [6.45, 7) is 5.71. The van der Waals surface area contributed by atoms with Crippen molar-refractivity contribution in [3.63, 3.8) is 0 Å². The molecule has 10 heteroatoms. The van der Waals surface area contributed by atoms with E-state index in [-0.39, 0.29) is 11.7 Å². The molecule has 1 atom stereocenters. The third-order valence-electron chi connectivity index (χ3n) is 7.62. The van der Waals surface area contributed by atoms with E-state index >= 15 is 0 Å². The van der Waals surface area contributed by atoms with Crippen LogP contribution in [0.4, 0.5) is 5.82 Å². The predicted octanol–water partition coefficient (Wildman–Crippen LogP) is 4.45. The van der Waals surface area contributed by atoms with Gasteiger partial charge in [0.2, 0.25) is 5.88 Å². The van der Waals surface area contributed by atoms with E-state index in [2.05, 4.69) is 20.3 Å². The van der Waals surface area contributed by atoms with Gasteiger partial charge in [0, 0.05) is 55.0 Å². The third kappa shape index (κ3) is 6.00. The summed E-state index contributed by atoms with van der Waals surface area (Å²) in [6, 6.07) is 16.4. The molecule has 2 fully saturated rings. The molecular formula is C31H30ClN5O4. The van der Waals surface area contributed by atoms with Crippen molar-refractivity contribution in [3.05, 3.63) is 82.1 Å². The van der Waals surface area contributed by atoms with Gasteiger partial charge in [0.15, 0.2) is 0 Å². The van der Waals surface area contributed by atoms with Gasteiger partial charge >= 0.3 is 5.97 Å². The number of rotatable bonds is 9.